The molecular weight excluding hydrogens is 448 g/mol. The van der Waals surface area contributed by atoms with E-state index in [1.165, 1.54) is 24.6 Å². The van der Waals surface area contributed by atoms with E-state index in [0.717, 1.165) is 41.2 Å². The number of aromatic nitrogens is 4. The van der Waals surface area contributed by atoms with Gasteiger partial charge in [-0.05, 0) is 63.4 Å². The van der Waals surface area contributed by atoms with Gasteiger partial charge in [0.05, 0.1) is 18.4 Å². The van der Waals surface area contributed by atoms with Gasteiger partial charge in [-0.15, -0.1) is 10.2 Å². The van der Waals surface area contributed by atoms with Crippen LogP contribution in [0.1, 0.15) is 55.5 Å². The average Bonchev–Trinajstić information content (AvgIpc) is 3.57. The molecule has 3 aromatic rings. The topological polar surface area (TPSA) is 97.8 Å². The molecule has 1 fully saturated rings. The summed E-state index contributed by atoms with van der Waals surface area (Å²) in [5.41, 5.74) is 3.49. The van der Waals surface area contributed by atoms with Crippen molar-refractivity contribution in [1.82, 2.24) is 19.3 Å². The zero-order chi connectivity index (χ0) is 24.2. The molecule has 0 spiro atoms. The number of anilines is 1. The van der Waals surface area contributed by atoms with E-state index in [9.17, 15) is 10.1 Å². The third-order valence-electron chi connectivity index (χ3n) is 6.53. The van der Waals surface area contributed by atoms with Crippen molar-refractivity contribution in [2.75, 3.05) is 18.2 Å². The van der Waals surface area contributed by atoms with Gasteiger partial charge in [0.2, 0.25) is 5.91 Å². The van der Waals surface area contributed by atoms with Gasteiger partial charge in [0.1, 0.15) is 17.6 Å². The number of hydrogen-bond acceptors (Lipinski definition) is 6. The highest BCUT2D eigenvalue weighted by molar-refractivity contribution is 7.99. The van der Waals surface area contributed by atoms with Crippen molar-refractivity contribution in [2.45, 2.75) is 64.2 Å². The largest absolute Gasteiger partial charge is 0.497 e. The van der Waals surface area contributed by atoms with Crippen LogP contribution in [0.15, 0.2) is 29.4 Å². The van der Waals surface area contributed by atoms with Crippen LogP contribution in [0.4, 0.5) is 5.82 Å². The van der Waals surface area contributed by atoms with E-state index in [-0.39, 0.29) is 11.7 Å². The molecule has 1 aliphatic carbocycles. The lowest BCUT2D eigenvalue weighted by Gasteiger charge is -2.19. The monoisotopic (exact) mass is 478 g/mol. The Labute approximate surface area is 204 Å². The molecular formula is C25H30N6O2S. The summed E-state index contributed by atoms with van der Waals surface area (Å²) in [4.78, 5) is 13.0. The summed E-state index contributed by atoms with van der Waals surface area (Å²) in [6, 6.07) is 10.3. The molecule has 34 heavy (non-hydrogen) atoms. The minimum atomic E-state index is -0.158. The Balaban J connectivity index is 1.50. The number of nitrogens with zero attached hydrogens (tertiary/aromatic N) is 5. The Morgan fingerprint density at radius 2 is 1.94 bits per heavy atom. The predicted octanol–water partition coefficient (Wildman–Crippen LogP) is 5.11. The number of hydrogen-bond donors (Lipinski definition) is 1. The first-order chi connectivity index (χ1) is 16.5. The molecule has 8 nitrogen and oxygen atoms in total. The third-order valence-corrected chi connectivity index (χ3v) is 7.50. The Morgan fingerprint density at radius 3 is 2.56 bits per heavy atom. The number of ether oxygens (including phenoxy) is 1. The molecule has 0 aliphatic heterocycles. The van der Waals surface area contributed by atoms with Crippen molar-refractivity contribution in [1.29, 1.82) is 5.26 Å². The second-order valence-corrected chi connectivity index (χ2v) is 9.41. The first-order valence-corrected chi connectivity index (χ1v) is 12.6. The minimum Gasteiger partial charge on any atom is -0.497 e. The van der Waals surface area contributed by atoms with E-state index < -0.39 is 0 Å². The number of carbonyl (C=O) groups is 1. The Hall–Kier alpha value is -3.25. The molecule has 0 bridgehead atoms. The minimum absolute atomic E-state index is 0.158. The summed E-state index contributed by atoms with van der Waals surface area (Å²) in [5.74, 6) is 2.18. The van der Waals surface area contributed by atoms with Crippen LogP contribution >= 0.6 is 11.8 Å². The molecule has 1 aliphatic rings. The van der Waals surface area contributed by atoms with Gasteiger partial charge in [-0.2, -0.15) is 5.26 Å². The number of nitrogens with one attached hydrogen (secondary N) is 1. The molecule has 1 saturated carbocycles. The van der Waals surface area contributed by atoms with Crippen LogP contribution < -0.4 is 10.1 Å². The van der Waals surface area contributed by atoms with Crippen molar-refractivity contribution < 1.29 is 9.53 Å². The van der Waals surface area contributed by atoms with Crippen molar-refractivity contribution in [3.63, 3.8) is 0 Å². The van der Waals surface area contributed by atoms with Crippen LogP contribution in [0.5, 0.6) is 5.75 Å². The first-order valence-electron chi connectivity index (χ1n) is 11.6. The van der Waals surface area contributed by atoms with Crippen LogP contribution in [0.2, 0.25) is 0 Å². The van der Waals surface area contributed by atoms with E-state index >= 15 is 0 Å². The first kappa shape index (κ1) is 23.9. The molecule has 2 aromatic heterocycles. The summed E-state index contributed by atoms with van der Waals surface area (Å²) in [6.45, 7) is 6.69. The Kier molecular flexibility index (Phi) is 7.27. The summed E-state index contributed by atoms with van der Waals surface area (Å²) < 4.78 is 9.40. The molecule has 1 N–H and O–H groups in total. The lowest BCUT2D eigenvalue weighted by atomic mass is 10.2. The van der Waals surface area contributed by atoms with E-state index in [0.29, 0.717) is 29.1 Å². The van der Waals surface area contributed by atoms with E-state index in [4.69, 9.17) is 4.74 Å². The summed E-state index contributed by atoms with van der Waals surface area (Å²) >= 11 is 1.35. The van der Waals surface area contributed by atoms with Crippen LogP contribution in [-0.4, -0.2) is 38.1 Å². The van der Waals surface area contributed by atoms with Gasteiger partial charge in [0, 0.05) is 23.8 Å². The number of thioether (sulfide) groups is 1. The Morgan fingerprint density at radius 1 is 1.24 bits per heavy atom. The predicted molar refractivity (Wildman–Crippen MR) is 133 cm³/mol. The van der Waals surface area contributed by atoms with Crippen LogP contribution in [0, 0.1) is 25.2 Å². The number of amides is 1. The molecule has 4 rings (SSSR count). The van der Waals surface area contributed by atoms with Crippen molar-refractivity contribution in [3.8, 4) is 23.2 Å². The number of rotatable bonds is 8. The lowest BCUT2D eigenvalue weighted by molar-refractivity contribution is -0.113. The molecule has 9 heteroatoms. The quantitative estimate of drug-likeness (QED) is 0.452. The van der Waals surface area contributed by atoms with E-state index in [1.807, 2.05) is 49.6 Å². The van der Waals surface area contributed by atoms with Gasteiger partial charge in [-0.1, -0.05) is 24.6 Å². The second-order valence-electron chi connectivity index (χ2n) is 8.47. The zero-order valence-electron chi connectivity index (χ0n) is 20.1. The van der Waals surface area contributed by atoms with Gasteiger partial charge in [-0.25, -0.2) is 0 Å². The van der Waals surface area contributed by atoms with Crippen LogP contribution in [0.25, 0.3) is 11.4 Å². The maximum Gasteiger partial charge on any atom is 0.235 e. The highest BCUT2D eigenvalue weighted by atomic mass is 32.2. The molecule has 0 unspecified atom stereocenters. The van der Waals surface area contributed by atoms with Gasteiger partial charge < -0.3 is 19.2 Å². The number of carbonyl (C=O) groups excluding carboxylic acids is 1. The number of methoxy groups -OCH3 is 1. The smallest absolute Gasteiger partial charge is 0.235 e. The summed E-state index contributed by atoms with van der Waals surface area (Å²) in [7, 11) is 1.64. The summed E-state index contributed by atoms with van der Waals surface area (Å²) in [6.07, 6.45) is 4.50. The van der Waals surface area contributed by atoms with Crippen LogP contribution in [0.3, 0.4) is 0 Å². The highest BCUT2D eigenvalue weighted by Crippen LogP contribution is 2.38. The molecule has 2 heterocycles. The molecule has 1 amide bonds. The number of benzene rings is 1. The lowest BCUT2D eigenvalue weighted by Crippen LogP contribution is -2.20. The van der Waals surface area contributed by atoms with Crippen LogP contribution in [-0.2, 0) is 11.3 Å². The van der Waals surface area contributed by atoms with Gasteiger partial charge in [-0.3, -0.25) is 4.79 Å². The highest BCUT2D eigenvalue weighted by Gasteiger charge is 2.27. The summed E-state index contributed by atoms with van der Waals surface area (Å²) in [5, 5.41) is 22.2. The molecule has 0 saturated heterocycles. The third kappa shape index (κ3) is 4.55. The molecule has 1 aromatic carbocycles. The fourth-order valence-electron chi connectivity index (χ4n) is 4.64. The average molecular weight is 479 g/mol. The number of nitriles is 1. The fourth-order valence-corrected chi connectivity index (χ4v) is 5.44. The van der Waals surface area contributed by atoms with Crippen molar-refractivity contribution >= 4 is 23.5 Å². The molecule has 0 radical (unpaired) electrons. The molecule has 178 valence electrons. The normalized spacial score (nSPS) is 13.7. The van der Waals surface area contributed by atoms with Gasteiger partial charge in [0.15, 0.2) is 11.0 Å². The van der Waals surface area contributed by atoms with Crippen molar-refractivity contribution in [2.24, 2.45) is 0 Å². The van der Waals surface area contributed by atoms with E-state index in [2.05, 4.69) is 26.2 Å². The zero-order valence-corrected chi connectivity index (χ0v) is 20.9. The maximum absolute atomic E-state index is 13.0. The van der Waals surface area contributed by atoms with Crippen molar-refractivity contribution in [3.05, 3.63) is 41.1 Å². The van der Waals surface area contributed by atoms with E-state index in [1.54, 1.807) is 7.11 Å². The Bertz CT molecular complexity index is 1220. The fraction of sp³-hybridized carbons (Fsp3) is 0.440. The molecule has 0 atom stereocenters. The maximum atomic E-state index is 13.0. The van der Waals surface area contributed by atoms with Gasteiger partial charge >= 0.3 is 0 Å². The van der Waals surface area contributed by atoms with Gasteiger partial charge in [0.25, 0.3) is 0 Å². The second kappa shape index (κ2) is 10.3. The standard InChI is InChI=1S/C25H30N6O2S/c1-5-30-23(18-10-12-20(33-4)13-11-18)28-29-25(30)34-15-22(32)27-24-21(14-26)16(2)17(3)31(24)19-8-6-7-9-19/h10-13,19H,5-9,15H2,1-4H3,(H,27,32). The SMILES string of the molecule is CCn1c(SCC(=O)Nc2c(C#N)c(C)c(C)n2C2CCCC2)nnc1-c1ccc(OC)cc1.